The number of benzene rings is 1. The highest BCUT2D eigenvalue weighted by Gasteiger charge is 2.31. The van der Waals surface area contributed by atoms with Crippen molar-refractivity contribution in [3.8, 4) is 0 Å². The molecular weight excluding hydrogens is 258 g/mol. The Bertz CT molecular complexity index is 441. The lowest BCUT2D eigenvalue weighted by Crippen LogP contribution is -2.41. The third-order valence-corrected chi connectivity index (χ3v) is 4.83. The highest BCUT2D eigenvalue weighted by molar-refractivity contribution is 5.26. The summed E-state index contributed by atoms with van der Waals surface area (Å²) in [6.07, 6.45) is 3.95. The Balaban J connectivity index is 1.91. The van der Waals surface area contributed by atoms with Crippen LogP contribution in [0.3, 0.4) is 0 Å². The standard InChI is InChI=1S/C19H31NO/c1-5-21-14-17-9-7-6-8-16(17)13-20-18-10-11-19(3,4)12-15(18)2/h6-9,15,18,20H,5,10-14H2,1-4H3. The van der Waals surface area contributed by atoms with Crippen LogP contribution in [0.15, 0.2) is 24.3 Å². The summed E-state index contributed by atoms with van der Waals surface area (Å²) in [6.45, 7) is 11.7. The lowest BCUT2D eigenvalue weighted by molar-refractivity contribution is 0.132. The monoisotopic (exact) mass is 289 g/mol. The summed E-state index contributed by atoms with van der Waals surface area (Å²) in [5, 5.41) is 3.79. The average molecular weight is 289 g/mol. The van der Waals surface area contributed by atoms with Gasteiger partial charge in [-0.25, -0.2) is 0 Å². The topological polar surface area (TPSA) is 21.3 Å². The van der Waals surface area contributed by atoms with Crippen molar-refractivity contribution in [2.24, 2.45) is 11.3 Å². The Labute approximate surface area is 130 Å². The normalized spacial score (nSPS) is 25.0. The number of rotatable bonds is 6. The van der Waals surface area contributed by atoms with Crippen molar-refractivity contribution in [1.82, 2.24) is 5.32 Å². The van der Waals surface area contributed by atoms with Gasteiger partial charge in [0.15, 0.2) is 0 Å². The molecule has 1 N–H and O–H groups in total. The molecule has 0 aromatic heterocycles. The minimum Gasteiger partial charge on any atom is -0.377 e. The van der Waals surface area contributed by atoms with Gasteiger partial charge in [-0.05, 0) is 48.6 Å². The van der Waals surface area contributed by atoms with E-state index in [1.165, 1.54) is 30.4 Å². The summed E-state index contributed by atoms with van der Waals surface area (Å²) in [7, 11) is 0. The number of hydrogen-bond donors (Lipinski definition) is 1. The first-order valence-corrected chi connectivity index (χ1v) is 8.40. The SMILES string of the molecule is CCOCc1ccccc1CNC1CCC(C)(C)CC1C. The summed E-state index contributed by atoms with van der Waals surface area (Å²) in [5.74, 6) is 0.757. The molecule has 0 amide bonds. The number of hydrogen-bond acceptors (Lipinski definition) is 2. The first-order chi connectivity index (χ1) is 10.0. The van der Waals surface area contributed by atoms with Gasteiger partial charge in [-0.15, -0.1) is 0 Å². The Hall–Kier alpha value is -0.860. The van der Waals surface area contributed by atoms with Crippen LogP contribution in [0.4, 0.5) is 0 Å². The Morgan fingerprint density at radius 1 is 1.24 bits per heavy atom. The molecule has 1 aromatic carbocycles. The molecule has 0 spiro atoms. The molecule has 0 heterocycles. The van der Waals surface area contributed by atoms with Crippen LogP contribution in [0.1, 0.15) is 58.1 Å². The van der Waals surface area contributed by atoms with E-state index < -0.39 is 0 Å². The molecule has 0 radical (unpaired) electrons. The molecule has 2 nitrogen and oxygen atoms in total. The van der Waals surface area contributed by atoms with E-state index in [9.17, 15) is 0 Å². The van der Waals surface area contributed by atoms with Gasteiger partial charge in [-0.2, -0.15) is 0 Å². The minimum absolute atomic E-state index is 0.518. The van der Waals surface area contributed by atoms with Gasteiger partial charge >= 0.3 is 0 Å². The maximum Gasteiger partial charge on any atom is 0.0719 e. The third kappa shape index (κ3) is 4.82. The molecule has 0 saturated heterocycles. The van der Waals surface area contributed by atoms with Crippen LogP contribution in [0.2, 0.25) is 0 Å². The van der Waals surface area contributed by atoms with Crippen LogP contribution in [-0.2, 0) is 17.9 Å². The van der Waals surface area contributed by atoms with E-state index >= 15 is 0 Å². The van der Waals surface area contributed by atoms with Gasteiger partial charge in [-0.1, -0.05) is 45.0 Å². The zero-order chi connectivity index (χ0) is 15.3. The van der Waals surface area contributed by atoms with E-state index in [0.29, 0.717) is 11.5 Å². The molecule has 0 aliphatic heterocycles. The highest BCUT2D eigenvalue weighted by atomic mass is 16.5. The van der Waals surface area contributed by atoms with Crippen LogP contribution in [-0.4, -0.2) is 12.6 Å². The van der Waals surface area contributed by atoms with Crippen molar-refractivity contribution in [2.45, 2.75) is 66.2 Å². The molecule has 2 heteroatoms. The zero-order valence-corrected chi connectivity index (χ0v) is 14.1. The maximum absolute atomic E-state index is 5.57. The van der Waals surface area contributed by atoms with Gasteiger partial charge in [0.05, 0.1) is 6.61 Å². The second-order valence-corrected chi connectivity index (χ2v) is 7.28. The smallest absolute Gasteiger partial charge is 0.0719 e. The van der Waals surface area contributed by atoms with Gasteiger partial charge in [0.2, 0.25) is 0 Å². The highest BCUT2D eigenvalue weighted by Crippen LogP contribution is 2.38. The molecule has 2 rings (SSSR count). The molecule has 1 aromatic rings. The van der Waals surface area contributed by atoms with Gasteiger partial charge in [0, 0.05) is 19.2 Å². The summed E-state index contributed by atoms with van der Waals surface area (Å²) in [6, 6.07) is 9.28. The van der Waals surface area contributed by atoms with Gasteiger partial charge in [-0.3, -0.25) is 0 Å². The van der Waals surface area contributed by atoms with Crippen LogP contribution in [0, 0.1) is 11.3 Å². The lowest BCUT2D eigenvalue weighted by atomic mass is 9.70. The van der Waals surface area contributed by atoms with Crippen molar-refractivity contribution >= 4 is 0 Å². The van der Waals surface area contributed by atoms with Gasteiger partial charge in [0.1, 0.15) is 0 Å². The summed E-state index contributed by atoms with van der Waals surface area (Å²) in [4.78, 5) is 0. The number of ether oxygens (including phenoxy) is 1. The Morgan fingerprint density at radius 2 is 1.95 bits per heavy atom. The molecule has 1 saturated carbocycles. The van der Waals surface area contributed by atoms with Crippen molar-refractivity contribution in [3.63, 3.8) is 0 Å². The van der Waals surface area contributed by atoms with Gasteiger partial charge in [0.25, 0.3) is 0 Å². The molecule has 1 fully saturated rings. The second-order valence-electron chi connectivity index (χ2n) is 7.28. The fourth-order valence-corrected chi connectivity index (χ4v) is 3.57. The predicted molar refractivity (Wildman–Crippen MR) is 89.2 cm³/mol. The molecule has 118 valence electrons. The average Bonchev–Trinajstić information content (AvgIpc) is 2.44. The molecular formula is C19H31NO. The summed E-state index contributed by atoms with van der Waals surface area (Å²) in [5.41, 5.74) is 3.21. The Kier molecular flexibility index (Phi) is 5.83. The van der Waals surface area contributed by atoms with Gasteiger partial charge < -0.3 is 10.1 Å². The molecule has 21 heavy (non-hydrogen) atoms. The van der Waals surface area contributed by atoms with Crippen LogP contribution in [0.25, 0.3) is 0 Å². The van der Waals surface area contributed by atoms with E-state index in [-0.39, 0.29) is 0 Å². The molecule has 2 atom stereocenters. The van der Waals surface area contributed by atoms with E-state index in [0.717, 1.165) is 25.7 Å². The van der Waals surface area contributed by atoms with Crippen molar-refractivity contribution in [2.75, 3.05) is 6.61 Å². The first kappa shape index (κ1) is 16.5. The van der Waals surface area contributed by atoms with E-state index in [2.05, 4.69) is 50.4 Å². The van der Waals surface area contributed by atoms with Crippen LogP contribution < -0.4 is 5.32 Å². The summed E-state index contributed by atoms with van der Waals surface area (Å²) >= 11 is 0. The second kappa shape index (κ2) is 7.42. The van der Waals surface area contributed by atoms with Crippen LogP contribution >= 0.6 is 0 Å². The van der Waals surface area contributed by atoms with E-state index in [4.69, 9.17) is 4.74 Å². The molecule has 1 aliphatic rings. The van der Waals surface area contributed by atoms with Crippen molar-refractivity contribution < 1.29 is 4.74 Å². The summed E-state index contributed by atoms with van der Waals surface area (Å²) < 4.78 is 5.57. The Morgan fingerprint density at radius 3 is 2.62 bits per heavy atom. The fourth-order valence-electron chi connectivity index (χ4n) is 3.57. The minimum atomic E-state index is 0.518. The fraction of sp³-hybridized carbons (Fsp3) is 0.684. The van der Waals surface area contributed by atoms with E-state index in [1.807, 2.05) is 6.92 Å². The maximum atomic E-state index is 5.57. The zero-order valence-electron chi connectivity index (χ0n) is 14.1. The molecule has 2 unspecified atom stereocenters. The van der Waals surface area contributed by atoms with Crippen molar-refractivity contribution in [3.05, 3.63) is 35.4 Å². The lowest BCUT2D eigenvalue weighted by Gasteiger charge is -2.39. The quantitative estimate of drug-likeness (QED) is 0.831. The number of nitrogens with one attached hydrogen (secondary N) is 1. The van der Waals surface area contributed by atoms with Crippen molar-refractivity contribution in [1.29, 1.82) is 0 Å². The molecule has 0 bridgehead atoms. The largest absolute Gasteiger partial charge is 0.377 e. The first-order valence-electron chi connectivity index (χ1n) is 8.40. The predicted octanol–water partition coefficient (Wildman–Crippen LogP) is 4.53. The third-order valence-electron chi connectivity index (χ3n) is 4.83. The van der Waals surface area contributed by atoms with Crippen LogP contribution in [0.5, 0.6) is 0 Å². The molecule has 1 aliphatic carbocycles. The van der Waals surface area contributed by atoms with E-state index in [1.54, 1.807) is 0 Å².